The topological polar surface area (TPSA) is 96.0 Å². The zero-order chi connectivity index (χ0) is 19.1. The lowest BCUT2D eigenvalue weighted by molar-refractivity contribution is -0.384. The maximum atomic E-state index is 13.6. The van der Waals surface area contributed by atoms with E-state index in [2.05, 4.69) is 5.10 Å². The number of fused-ring (bicyclic) bond motifs is 1. The van der Waals surface area contributed by atoms with Gasteiger partial charge in [0.2, 0.25) is 5.91 Å². The van der Waals surface area contributed by atoms with E-state index < -0.39 is 35.1 Å². The summed E-state index contributed by atoms with van der Waals surface area (Å²) in [6, 6.07) is 4.90. The molecule has 3 rings (SSSR count). The van der Waals surface area contributed by atoms with Gasteiger partial charge in [-0.05, 0) is 24.8 Å². The Morgan fingerprint density at radius 3 is 2.58 bits per heavy atom. The molecule has 1 aliphatic heterocycles. The monoisotopic (exact) mass is 371 g/mol. The maximum absolute atomic E-state index is 13.6. The maximum Gasteiger partial charge on any atom is 0.439 e. The highest BCUT2D eigenvalue weighted by atomic mass is 19.4. The van der Waals surface area contributed by atoms with Gasteiger partial charge in [-0.25, -0.2) is 0 Å². The van der Waals surface area contributed by atoms with Gasteiger partial charge >= 0.3 is 6.18 Å². The van der Waals surface area contributed by atoms with Crippen LogP contribution in [0.1, 0.15) is 31.2 Å². The Morgan fingerprint density at radius 2 is 2.00 bits per heavy atom. The number of carbonyl (C=O) groups excluding carboxylic acids is 1. The van der Waals surface area contributed by atoms with E-state index in [9.17, 15) is 33.2 Å². The Kier molecular flexibility index (Phi) is 4.47. The smallest absolute Gasteiger partial charge is 0.362 e. The number of hydrazone groups is 1. The van der Waals surface area contributed by atoms with Crippen molar-refractivity contribution in [1.29, 1.82) is 0 Å². The van der Waals surface area contributed by atoms with Crippen molar-refractivity contribution in [2.45, 2.75) is 44.0 Å². The first-order chi connectivity index (χ1) is 12.1. The average molecular weight is 371 g/mol. The van der Waals surface area contributed by atoms with Crippen LogP contribution in [0.15, 0.2) is 29.4 Å². The molecule has 1 aromatic rings. The minimum Gasteiger partial charge on any atom is -0.362 e. The third kappa shape index (κ3) is 2.94. The van der Waals surface area contributed by atoms with E-state index in [4.69, 9.17) is 0 Å². The number of benzene rings is 1. The quantitative estimate of drug-likeness (QED) is 0.653. The molecule has 2 atom stereocenters. The first-order valence-corrected chi connectivity index (χ1v) is 8.07. The van der Waals surface area contributed by atoms with Gasteiger partial charge in [-0.1, -0.05) is 18.6 Å². The molecule has 0 saturated heterocycles. The molecular weight excluding hydrogens is 355 g/mol. The van der Waals surface area contributed by atoms with Gasteiger partial charge in [-0.15, -0.1) is 0 Å². The summed E-state index contributed by atoms with van der Waals surface area (Å²) in [5.74, 6) is -2.27. The van der Waals surface area contributed by atoms with Crippen molar-refractivity contribution in [3.63, 3.8) is 0 Å². The number of rotatable bonds is 3. The summed E-state index contributed by atoms with van der Waals surface area (Å²) in [6.07, 6.45) is -3.91. The number of non-ortho nitro benzene ring substituents is 1. The van der Waals surface area contributed by atoms with Crippen LogP contribution in [0.2, 0.25) is 0 Å². The van der Waals surface area contributed by atoms with E-state index in [-0.39, 0.29) is 22.8 Å². The molecule has 1 fully saturated rings. The molecule has 1 saturated carbocycles. The lowest BCUT2D eigenvalue weighted by Gasteiger charge is -2.38. The zero-order valence-electron chi connectivity index (χ0n) is 13.6. The number of hydrogen-bond donors (Lipinski definition) is 1. The van der Waals surface area contributed by atoms with Crippen LogP contribution in [0, 0.1) is 16.0 Å². The fourth-order valence-electron chi connectivity index (χ4n) is 3.45. The number of carbonyl (C=O) groups is 1. The van der Waals surface area contributed by atoms with Gasteiger partial charge in [0.15, 0.2) is 0 Å². The van der Waals surface area contributed by atoms with Crippen molar-refractivity contribution < 1.29 is 28.0 Å². The Morgan fingerprint density at radius 1 is 1.35 bits per heavy atom. The van der Waals surface area contributed by atoms with E-state index in [1.165, 1.54) is 12.1 Å². The van der Waals surface area contributed by atoms with Crippen molar-refractivity contribution in [1.82, 2.24) is 5.01 Å². The summed E-state index contributed by atoms with van der Waals surface area (Å²) in [7, 11) is 0. The van der Waals surface area contributed by atoms with Gasteiger partial charge in [0.05, 0.1) is 17.3 Å². The summed E-state index contributed by atoms with van der Waals surface area (Å²) in [4.78, 5) is 22.5. The van der Waals surface area contributed by atoms with Crippen molar-refractivity contribution >= 4 is 17.3 Å². The van der Waals surface area contributed by atoms with Crippen LogP contribution < -0.4 is 0 Å². The van der Waals surface area contributed by atoms with Crippen molar-refractivity contribution in [3.05, 3.63) is 39.9 Å². The molecule has 26 heavy (non-hydrogen) atoms. The molecule has 1 aliphatic carbocycles. The molecule has 1 heterocycles. The number of halogens is 3. The second kappa shape index (κ2) is 6.35. The van der Waals surface area contributed by atoms with Gasteiger partial charge in [0.25, 0.3) is 11.4 Å². The largest absolute Gasteiger partial charge is 0.439 e. The molecule has 140 valence electrons. The molecule has 7 nitrogen and oxygen atoms in total. The third-order valence-electron chi connectivity index (χ3n) is 4.77. The molecule has 0 aromatic heterocycles. The predicted octanol–water partition coefficient (Wildman–Crippen LogP) is 2.78. The number of nitrogens with zero attached hydrogens (tertiary/aromatic N) is 3. The molecule has 1 N–H and O–H groups in total. The van der Waals surface area contributed by atoms with Gasteiger partial charge < -0.3 is 5.11 Å². The summed E-state index contributed by atoms with van der Waals surface area (Å²) in [6.45, 7) is 0. The van der Waals surface area contributed by atoms with Crippen LogP contribution in [-0.4, -0.2) is 38.6 Å². The second-order valence-electron chi connectivity index (χ2n) is 6.42. The highest BCUT2D eigenvalue weighted by Crippen LogP contribution is 2.48. The Bertz CT molecular complexity index is 763. The van der Waals surface area contributed by atoms with Crippen LogP contribution in [0.5, 0.6) is 0 Å². The summed E-state index contributed by atoms with van der Waals surface area (Å²) in [5, 5.41) is 25.0. The lowest BCUT2D eigenvalue weighted by atomic mass is 9.80. The molecule has 1 aromatic carbocycles. The van der Waals surface area contributed by atoms with Crippen molar-refractivity contribution in [3.8, 4) is 0 Å². The summed E-state index contributed by atoms with van der Waals surface area (Å²) >= 11 is 0. The normalized spacial score (nSPS) is 25.6. The fourth-order valence-corrected chi connectivity index (χ4v) is 3.45. The number of nitro benzene ring substituents is 1. The van der Waals surface area contributed by atoms with Crippen LogP contribution in [0.3, 0.4) is 0 Å². The predicted molar refractivity (Wildman–Crippen MR) is 84.0 cm³/mol. The van der Waals surface area contributed by atoms with E-state index in [0.717, 1.165) is 12.1 Å². The molecule has 0 bridgehead atoms. The van der Waals surface area contributed by atoms with E-state index >= 15 is 0 Å². The van der Waals surface area contributed by atoms with Crippen LogP contribution in [-0.2, 0) is 11.2 Å². The van der Waals surface area contributed by atoms with Crippen LogP contribution >= 0.6 is 0 Å². The number of alkyl halides is 3. The van der Waals surface area contributed by atoms with Gasteiger partial charge in [0.1, 0.15) is 0 Å². The van der Waals surface area contributed by atoms with Crippen molar-refractivity contribution in [2.75, 3.05) is 0 Å². The Labute approximate surface area is 146 Å². The summed E-state index contributed by atoms with van der Waals surface area (Å²) in [5.41, 5.74) is -3.06. The summed E-state index contributed by atoms with van der Waals surface area (Å²) < 4.78 is 40.8. The SMILES string of the molecule is O=C(Cc1ccc([N+](=O)[O-])cc1)N1N=C2CCCC[C@@H]2[C@]1(O)C(F)(F)F. The average Bonchev–Trinajstić information content (AvgIpc) is 2.90. The number of amides is 1. The number of nitro groups is 1. The van der Waals surface area contributed by atoms with E-state index in [1.54, 1.807) is 0 Å². The van der Waals surface area contributed by atoms with Gasteiger partial charge in [-0.2, -0.15) is 23.3 Å². The van der Waals surface area contributed by atoms with E-state index in [1.807, 2.05) is 0 Å². The molecule has 10 heteroatoms. The number of hydrogen-bond acceptors (Lipinski definition) is 5. The minimum absolute atomic E-state index is 0.107. The lowest BCUT2D eigenvalue weighted by Crippen LogP contribution is -2.61. The molecular formula is C16H16F3N3O4. The molecule has 1 amide bonds. The molecule has 0 unspecified atom stereocenters. The Hall–Kier alpha value is -2.49. The standard InChI is InChI=1S/C16H16F3N3O4/c17-16(18,19)15(24)12-3-1-2-4-13(12)20-21(15)14(23)9-10-5-7-11(8-6-10)22(25)26/h5-8,12,24H,1-4,9H2/t12-,15-/m0/s1. The fraction of sp³-hybridized carbons (Fsp3) is 0.500. The first-order valence-electron chi connectivity index (χ1n) is 8.07. The highest BCUT2D eigenvalue weighted by Gasteiger charge is 2.68. The Balaban J connectivity index is 1.86. The third-order valence-corrected chi connectivity index (χ3v) is 4.77. The zero-order valence-corrected chi connectivity index (χ0v) is 13.6. The van der Waals surface area contributed by atoms with Crippen LogP contribution in [0.4, 0.5) is 18.9 Å². The molecule has 0 spiro atoms. The first kappa shape index (κ1) is 18.3. The number of aliphatic hydroxyl groups is 1. The van der Waals surface area contributed by atoms with Crippen molar-refractivity contribution in [2.24, 2.45) is 11.0 Å². The van der Waals surface area contributed by atoms with E-state index in [0.29, 0.717) is 24.8 Å². The minimum atomic E-state index is -5.05. The van der Waals surface area contributed by atoms with Gasteiger partial charge in [0, 0.05) is 17.8 Å². The molecule has 2 aliphatic rings. The molecule has 0 radical (unpaired) electrons. The van der Waals surface area contributed by atoms with Crippen LogP contribution in [0.25, 0.3) is 0 Å². The van der Waals surface area contributed by atoms with Gasteiger partial charge in [-0.3, -0.25) is 14.9 Å². The second-order valence-corrected chi connectivity index (χ2v) is 6.42. The highest BCUT2D eigenvalue weighted by molar-refractivity contribution is 5.93.